The molecule has 0 heterocycles. The lowest BCUT2D eigenvalue weighted by Crippen LogP contribution is -2.08. The summed E-state index contributed by atoms with van der Waals surface area (Å²) in [7, 11) is 0. The number of carbonyl (C=O) groups is 1. The quantitative estimate of drug-likeness (QED) is 0.0841. The van der Waals surface area contributed by atoms with Gasteiger partial charge in [-0.25, -0.2) is 4.79 Å². The van der Waals surface area contributed by atoms with E-state index in [0.717, 1.165) is 5.69 Å². The van der Waals surface area contributed by atoms with Gasteiger partial charge in [0, 0.05) is 10.6 Å². The van der Waals surface area contributed by atoms with Gasteiger partial charge in [0.1, 0.15) is 5.75 Å². The van der Waals surface area contributed by atoms with Crippen LogP contribution in [0.4, 0.5) is 11.4 Å². The average molecular weight is 455 g/mol. The van der Waals surface area contributed by atoms with Crippen molar-refractivity contribution in [1.82, 2.24) is 0 Å². The lowest BCUT2D eigenvalue weighted by molar-refractivity contribution is 0.0735. The maximum Gasteiger partial charge on any atom is 0.343 e. The predicted octanol–water partition coefficient (Wildman–Crippen LogP) is 7.12. The molecule has 1 N–H and O–H groups in total. The van der Waals surface area contributed by atoms with E-state index < -0.39 is 5.97 Å². The zero-order valence-corrected chi connectivity index (χ0v) is 18.2. The number of nitrogens with one attached hydrogen (secondary N) is 1. The first-order valence-electron chi connectivity index (χ1n) is 10.1. The van der Waals surface area contributed by atoms with E-state index in [1.165, 1.54) is 0 Å². The van der Waals surface area contributed by atoms with Gasteiger partial charge in [-0.05, 0) is 72.8 Å². The minimum Gasteiger partial charge on any atom is -0.423 e. The third-order valence-electron chi connectivity index (χ3n) is 4.48. The van der Waals surface area contributed by atoms with Crippen LogP contribution in [0.5, 0.6) is 5.75 Å². The highest BCUT2D eigenvalue weighted by atomic mass is 35.5. The second kappa shape index (κ2) is 10.8. The van der Waals surface area contributed by atoms with Crippen LogP contribution in [0.15, 0.2) is 125 Å². The average Bonchev–Trinajstić information content (AvgIpc) is 2.86. The number of carbonyl (C=O) groups excluding carboxylic acids is 1. The van der Waals surface area contributed by atoms with Gasteiger partial charge in [-0.2, -0.15) is 5.10 Å². The Hall–Kier alpha value is -4.29. The Balaban J connectivity index is 1.53. The van der Waals surface area contributed by atoms with Gasteiger partial charge in [0.25, 0.3) is 0 Å². The van der Waals surface area contributed by atoms with Crippen molar-refractivity contribution in [1.29, 1.82) is 0 Å². The van der Waals surface area contributed by atoms with Gasteiger partial charge in [-0.15, -0.1) is 10.2 Å². The van der Waals surface area contributed by atoms with Crippen LogP contribution in [0.1, 0.15) is 15.9 Å². The van der Waals surface area contributed by atoms with Gasteiger partial charge < -0.3 is 4.74 Å². The summed E-state index contributed by atoms with van der Waals surface area (Å²) >= 11 is 5.87. The number of hydrogen-bond acceptors (Lipinski definition) is 5. The number of esters is 1. The highest BCUT2D eigenvalue weighted by Crippen LogP contribution is 2.18. The molecule has 0 aliphatic rings. The lowest BCUT2D eigenvalue weighted by Gasteiger charge is -2.06. The third-order valence-corrected chi connectivity index (χ3v) is 4.74. The second-order valence-corrected chi connectivity index (χ2v) is 7.31. The zero-order valence-electron chi connectivity index (χ0n) is 17.4. The number of para-hydroxylation sites is 1. The van der Waals surface area contributed by atoms with Gasteiger partial charge in [0.05, 0.1) is 16.9 Å². The fourth-order valence-corrected chi connectivity index (χ4v) is 2.92. The second-order valence-electron chi connectivity index (χ2n) is 6.87. The van der Waals surface area contributed by atoms with Gasteiger partial charge >= 0.3 is 5.97 Å². The normalized spacial score (nSPS) is 11.4. The van der Waals surface area contributed by atoms with Gasteiger partial charge in [-0.3, -0.25) is 5.43 Å². The van der Waals surface area contributed by atoms with Crippen molar-refractivity contribution >= 4 is 34.8 Å². The number of rotatable bonds is 6. The summed E-state index contributed by atoms with van der Waals surface area (Å²) in [5, 5.41) is 13.6. The fourth-order valence-electron chi connectivity index (χ4n) is 2.80. The molecule has 0 radical (unpaired) electrons. The first-order valence-corrected chi connectivity index (χ1v) is 10.5. The van der Waals surface area contributed by atoms with E-state index in [9.17, 15) is 4.79 Å². The molecule has 0 saturated carbocycles. The molecule has 0 aliphatic carbocycles. The number of amidine groups is 1. The third kappa shape index (κ3) is 6.35. The van der Waals surface area contributed by atoms with Crippen molar-refractivity contribution in [2.45, 2.75) is 0 Å². The van der Waals surface area contributed by atoms with Crippen LogP contribution in [0.3, 0.4) is 0 Å². The van der Waals surface area contributed by atoms with Crippen LogP contribution in [0.25, 0.3) is 0 Å². The minimum atomic E-state index is -0.470. The van der Waals surface area contributed by atoms with Crippen LogP contribution in [0, 0.1) is 0 Å². The van der Waals surface area contributed by atoms with E-state index in [-0.39, 0.29) is 0 Å². The summed E-state index contributed by atoms with van der Waals surface area (Å²) in [6.45, 7) is 0. The van der Waals surface area contributed by atoms with Crippen molar-refractivity contribution in [2.75, 3.05) is 5.43 Å². The Morgan fingerprint density at radius 3 is 2.00 bits per heavy atom. The molecule has 162 valence electrons. The molecule has 0 bridgehead atoms. The van der Waals surface area contributed by atoms with Crippen LogP contribution in [-0.4, -0.2) is 11.8 Å². The topological polar surface area (TPSA) is 75.4 Å². The van der Waals surface area contributed by atoms with Crippen molar-refractivity contribution in [2.24, 2.45) is 15.3 Å². The minimum absolute atomic E-state index is 0.373. The van der Waals surface area contributed by atoms with E-state index in [2.05, 4.69) is 20.8 Å². The van der Waals surface area contributed by atoms with E-state index in [4.69, 9.17) is 16.3 Å². The van der Waals surface area contributed by atoms with E-state index in [0.29, 0.717) is 33.4 Å². The summed E-state index contributed by atoms with van der Waals surface area (Å²) in [6.07, 6.45) is 0. The Morgan fingerprint density at radius 1 is 0.727 bits per heavy atom. The van der Waals surface area contributed by atoms with Crippen LogP contribution in [-0.2, 0) is 0 Å². The fraction of sp³-hybridized carbons (Fsp3) is 0. The molecule has 0 atom stereocenters. The molecular formula is C26H19ClN4O2. The van der Waals surface area contributed by atoms with Crippen molar-refractivity contribution in [3.63, 3.8) is 0 Å². The molecule has 4 rings (SSSR count). The highest BCUT2D eigenvalue weighted by molar-refractivity contribution is 6.30. The Labute approximate surface area is 196 Å². The van der Waals surface area contributed by atoms with E-state index >= 15 is 0 Å². The summed E-state index contributed by atoms with van der Waals surface area (Å²) in [6, 6.07) is 32.3. The van der Waals surface area contributed by atoms with E-state index in [1.54, 1.807) is 48.5 Å². The first kappa shape index (κ1) is 21.9. The van der Waals surface area contributed by atoms with Crippen LogP contribution >= 0.6 is 11.6 Å². The van der Waals surface area contributed by atoms with E-state index in [1.807, 2.05) is 60.7 Å². The van der Waals surface area contributed by atoms with Gasteiger partial charge in [-0.1, -0.05) is 48.0 Å². The molecule has 0 spiro atoms. The largest absolute Gasteiger partial charge is 0.423 e. The Kier molecular flexibility index (Phi) is 7.20. The molecule has 4 aromatic carbocycles. The lowest BCUT2D eigenvalue weighted by atomic mass is 10.2. The Morgan fingerprint density at radius 2 is 1.33 bits per heavy atom. The molecule has 0 saturated heterocycles. The number of ether oxygens (including phenoxy) is 1. The SMILES string of the molecule is O=C(Oc1ccc(C(N=Nc2ccccc2)=NNc2ccccc2)cc1)c1ccc(Cl)cc1. The molecule has 0 amide bonds. The maximum absolute atomic E-state index is 12.3. The standard InChI is InChI=1S/C26H19ClN4O2/c27-21-15-11-20(12-16-21)26(32)33-24-17-13-19(14-18-24)25(30-28-22-7-3-1-4-8-22)31-29-23-9-5-2-6-10-23/h1-18,28H. The number of hydrogen-bond donors (Lipinski definition) is 1. The van der Waals surface area contributed by atoms with Crippen LogP contribution in [0.2, 0.25) is 5.02 Å². The number of benzene rings is 4. The maximum atomic E-state index is 12.3. The van der Waals surface area contributed by atoms with Crippen LogP contribution < -0.4 is 10.2 Å². The van der Waals surface area contributed by atoms with Crippen molar-refractivity contribution in [3.05, 3.63) is 125 Å². The number of anilines is 1. The molecule has 33 heavy (non-hydrogen) atoms. The number of azo groups is 1. The molecule has 0 aromatic heterocycles. The number of nitrogens with zero attached hydrogens (tertiary/aromatic N) is 3. The summed E-state index contributed by atoms with van der Waals surface area (Å²) < 4.78 is 5.44. The number of halogens is 1. The first-order chi connectivity index (χ1) is 16.2. The molecule has 0 aliphatic heterocycles. The molecule has 4 aromatic rings. The van der Waals surface area contributed by atoms with Gasteiger partial charge in [0.15, 0.2) is 0 Å². The molecule has 0 fully saturated rings. The monoisotopic (exact) mass is 454 g/mol. The molecule has 6 nitrogen and oxygen atoms in total. The summed E-state index contributed by atoms with van der Waals surface area (Å²) in [5.74, 6) is 0.301. The molecular weight excluding hydrogens is 436 g/mol. The molecule has 7 heteroatoms. The molecule has 0 unspecified atom stereocenters. The Bertz CT molecular complexity index is 1260. The summed E-state index contributed by atoms with van der Waals surface area (Å²) in [5.41, 5.74) is 5.63. The zero-order chi connectivity index (χ0) is 22.9. The highest BCUT2D eigenvalue weighted by Gasteiger charge is 2.10. The smallest absolute Gasteiger partial charge is 0.343 e. The number of hydrazone groups is 1. The summed E-state index contributed by atoms with van der Waals surface area (Å²) in [4.78, 5) is 12.3. The van der Waals surface area contributed by atoms with Gasteiger partial charge in [0.2, 0.25) is 5.84 Å². The predicted molar refractivity (Wildman–Crippen MR) is 130 cm³/mol. The van der Waals surface area contributed by atoms with Crippen molar-refractivity contribution < 1.29 is 9.53 Å². The van der Waals surface area contributed by atoms with Crippen molar-refractivity contribution in [3.8, 4) is 5.75 Å².